The number of hydrogen-bond acceptors (Lipinski definition) is 0. The molecule has 0 unspecified atom stereocenters. The van der Waals surface area contributed by atoms with E-state index in [1.54, 1.807) is 0 Å². The van der Waals surface area contributed by atoms with E-state index in [-0.39, 0.29) is 0 Å². The fourth-order valence-corrected chi connectivity index (χ4v) is 7.04. The Morgan fingerprint density at radius 1 is 0.200 bits per heavy atom. The van der Waals surface area contributed by atoms with E-state index in [4.69, 9.17) is 0 Å². The lowest BCUT2D eigenvalue weighted by Crippen LogP contribution is -1.85. The molecule has 0 heteroatoms. The van der Waals surface area contributed by atoms with Crippen LogP contribution in [0.15, 0.2) is 24.3 Å². The van der Waals surface area contributed by atoms with Crippen LogP contribution in [0.2, 0.25) is 0 Å². The molecule has 0 heterocycles. The zero-order chi connectivity index (χ0) is 32.7. The molecule has 0 saturated heterocycles. The maximum Gasteiger partial charge on any atom is -0.0326 e. The summed E-state index contributed by atoms with van der Waals surface area (Å²) in [5.41, 5.74) is 2.70. The van der Waals surface area contributed by atoms with Gasteiger partial charge in [-0.2, -0.15) is 0 Å². The fourth-order valence-electron chi connectivity index (χ4n) is 7.04. The van der Waals surface area contributed by atoms with E-state index in [2.05, 4.69) is 27.0 Å². The van der Waals surface area contributed by atoms with Crippen LogP contribution < -0.4 is 0 Å². The molecule has 0 N–H and O–H groups in total. The normalized spacial score (nSPS) is 11.4. The first kappa shape index (κ1) is 44.5. The summed E-state index contributed by atoms with van der Waals surface area (Å²) in [6.45, 7) is 12.3. The molecule has 0 fully saturated rings. The van der Waals surface area contributed by atoms with Crippen LogP contribution in [0, 0.1) is 0 Å². The maximum absolute atomic E-state index is 4.00. The van der Waals surface area contributed by atoms with Gasteiger partial charge in [0.1, 0.15) is 0 Å². The topological polar surface area (TPSA) is 0 Å². The van der Waals surface area contributed by atoms with Gasteiger partial charge in [0.15, 0.2) is 0 Å². The van der Waals surface area contributed by atoms with E-state index in [0.29, 0.717) is 0 Å². The summed E-state index contributed by atoms with van der Waals surface area (Å²) in [5, 5.41) is 0. The summed E-state index contributed by atoms with van der Waals surface area (Å²) in [4.78, 5) is 0. The number of hydrogen-bond donors (Lipinski definition) is 0. The van der Waals surface area contributed by atoms with Crippen molar-refractivity contribution in [1.29, 1.82) is 0 Å². The van der Waals surface area contributed by atoms with Crippen LogP contribution in [0.4, 0.5) is 0 Å². The van der Waals surface area contributed by atoms with Gasteiger partial charge in [-0.05, 0) is 39.5 Å². The summed E-state index contributed by atoms with van der Waals surface area (Å²) >= 11 is 0. The SMILES string of the molecule is C=C(C)CCCCCCCCCCCCCCCCCCCCCCCCCCCCCCCCCCCCCCCC(=C)C. The Hall–Kier alpha value is -0.520. The zero-order valence-corrected chi connectivity index (χ0v) is 32.0. The van der Waals surface area contributed by atoms with Gasteiger partial charge >= 0.3 is 0 Å². The molecule has 0 aromatic heterocycles. The van der Waals surface area contributed by atoms with Crippen LogP contribution in [-0.4, -0.2) is 0 Å². The smallest absolute Gasteiger partial charge is 0.0326 e. The first-order valence-electron chi connectivity index (χ1n) is 21.4. The highest BCUT2D eigenvalue weighted by Gasteiger charge is 1.98. The molecule has 0 rings (SSSR count). The van der Waals surface area contributed by atoms with Gasteiger partial charge in [-0.1, -0.05) is 236 Å². The van der Waals surface area contributed by atoms with Gasteiger partial charge in [-0.15, -0.1) is 13.2 Å². The van der Waals surface area contributed by atoms with Crippen molar-refractivity contribution in [3.63, 3.8) is 0 Å². The molecule has 0 aliphatic carbocycles. The van der Waals surface area contributed by atoms with Crippen LogP contribution in [0.5, 0.6) is 0 Å². The lowest BCUT2D eigenvalue weighted by atomic mass is 10.0. The Balaban J connectivity index is 3.05. The van der Waals surface area contributed by atoms with Crippen molar-refractivity contribution in [1.82, 2.24) is 0 Å². The van der Waals surface area contributed by atoms with Gasteiger partial charge in [0, 0.05) is 0 Å². The van der Waals surface area contributed by atoms with E-state index in [0.717, 1.165) is 0 Å². The van der Waals surface area contributed by atoms with Gasteiger partial charge in [-0.25, -0.2) is 0 Å². The molecular weight excluding hydrogens is 540 g/mol. The highest BCUT2D eigenvalue weighted by atomic mass is 14.0. The predicted molar refractivity (Wildman–Crippen MR) is 210 cm³/mol. The van der Waals surface area contributed by atoms with E-state index < -0.39 is 0 Å². The molecule has 268 valence electrons. The van der Waals surface area contributed by atoms with Gasteiger partial charge in [0.25, 0.3) is 0 Å². The standard InChI is InChI=1S/C45H88/c1-44(2)42-40-38-36-34-32-30-28-26-24-22-20-18-16-14-12-10-8-6-5-7-9-11-13-15-17-19-21-23-25-27-29-31-33-35-37-39-41-43-45(3)4/h1,3,5-43H2,2,4H3. The summed E-state index contributed by atoms with van der Waals surface area (Å²) in [7, 11) is 0. The van der Waals surface area contributed by atoms with E-state index >= 15 is 0 Å². The van der Waals surface area contributed by atoms with Crippen molar-refractivity contribution in [2.75, 3.05) is 0 Å². The molecule has 0 aliphatic heterocycles. The summed E-state index contributed by atoms with van der Waals surface area (Å²) < 4.78 is 0. The predicted octanol–water partition coefficient (Wildman–Crippen LogP) is 17.4. The first-order valence-corrected chi connectivity index (χ1v) is 21.4. The van der Waals surface area contributed by atoms with Crippen molar-refractivity contribution in [3.05, 3.63) is 24.3 Å². The molecule has 0 aromatic carbocycles. The minimum absolute atomic E-state index is 1.23. The highest BCUT2D eigenvalue weighted by molar-refractivity contribution is 4.87. The summed E-state index contributed by atoms with van der Waals surface area (Å²) in [5.74, 6) is 0. The number of rotatable bonds is 40. The second-order valence-electron chi connectivity index (χ2n) is 15.5. The second-order valence-corrected chi connectivity index (χ2v) is 15.5. The molecule has 0 nitrogen and oxygen atoms in total. The van der Waals surface area contributed by atoms with Crippen molar-refractivity contribution < 1.29 is 0 Å². The highest BCUT2D eigenvalue weighted by Crippen LogP contribution is 2.18. The zero-order valence-electron chi connectivity index (χ0n) is 32.0. The quantitative estimate of drug-likeness (QED) is 0.0468. The lowest BCUT2D eigenvalue weighted by Gasteiger charge is -2.05. The Morgan fingerprint density at radius 2 is 0.289 bits per heavy atom. The Kier molecular flexibility index (Phi) is 39.2. The van der Waals surface area contributed by atoms with Crippen LogP contribution in [0.3, 0.4) is 0 Å². The minimum atomic E-state index is 1.23. The Labute approximate surface area is 287 Å². The second kappa shape index (κ2) is 39.7. The van der Waals surface area contributed by atoms with Crippen molar-refractivity contribution in [2.45, 2.75) is 264 Å². The van der Waals surface area contributed by atoms with E-state index in [1.807, 2.05) is 0 Å². The fraction of sp³-hybridized carbons (Fsp3) is 0.911. The molecule has 0 atom stereocenters. The average Bonchev–Trinajstić information content (AvgIpc) is 3.02. The third-order valence-corrected chi connectivity index (χ3v) is 10.2. The summed E-state index contributed by atoms with van der Waals surface area (Å²) in [6, 6.07) is 0. The van der Waals surface area contributed by atoms with Crippen molar-refractivity contribution >= 4 is 0 Å². The first-order chi connectivity index (χ1) is 22.1. The Morgan fingerprint density at radius 3 is 0.378 bits per heavy atom. The monoisotopic (exact) mass is 629 g/mol. The largest absolute Gasteiger partial charge is 0.100 e. The van der Waals surface area contributed by atoms with Crippen molar-refractivity contribution in [2.24, 2.45) is 0 Å². The van der Waals surface area contributed by atoms with E-state index in [1.165, 1.54) is 262 Å². The summed E-state index contributed by atoms with van der Waals surface area (Å²) in [6.07, 6.45) is 56.8. The molecule has 45 heavy (non-hydrogen) atoms. The maximum atomic E-state index is 4.00. The molecule has 0 bridgehead atoms. The van der Waals surface area contributed by atoms with Gasteiger partial charge < -0.3 is 0 Å². The third-order valence-electron chi connectivity index (χ3n) is 10.2. The molecule has 0 radical (unpaired) electrons. The van der Waals surface area contributed by atoms with Crippen LogP contribution in [-0.2, 0) is 0 Å². The van der Waals surface area contributed by atoms with Crippen molar-refractivity contribution in [3.8, 4) is 0 Å². The molecule has 0 saturated carbocycles. The van der Waals surface area contributed by atoms with Gasteiger partial charge in [0.05, 0.1) is 0 Å². The van der Waals surface area contributed by atoms with Crippen LogP contribution in [0.1, 0.15) is 264 Å². The van der Waals surface area contributed by atoms with E-state index in [9.17, 15) is 0 Å². The third kappa shape index (κ3) is 43.5. The molecule has 0 aromatic rings. The molecule has 0 aliphatic rings. The Bertz CT molecular complexity index is 521. The molecular formula is C45H88. The average molecular weight is 629 g/mol. The number of unbranched alkanes of at least 4 members (excludes halogenated alkanes) is 36. The number of allylic oxidation sites excluding steroid dienone is 2. The lowest BCUT2D eigenvalue weighted by molar-refractivity contribution is 0.510. The van der Waals surface area contributed by atoms with Crippen LogP contribution in [0.25, 0.3) is 0 Å². The van der Waals surface area contributed by atoms with Crippen LogP contribution >= 0.6 is 0 Å². The molecule has 0 spiro atoms. The molecule has 0 amide bonds. The minimum Gasteiger partial charge on any atom is -0.100 e. The van der Waals surface area contributed by atoms with Gasteiger partial charge in [-0.3, -0.25) is 0 Å². The van der Waals surface area contributed by atoms with Gasteiger partial charge in [0.2, 0.25) is 0 Å².